The normalized spacial score (nSPS) is 19.2. The van der Waals surface area contributed by atoms with Gasteiger partial charge in [0.25, 0.3) is 0 Å². The number of rotatable bonds is 4. The van der Waals surface area contributed by atoms with Gasteiger partial charge < -0.3 is 14.9 Å². The number of hydrogen-bond donors (Lipinski definition) is 1. The van der Waals surface area contributed by atoms with Crippen molar-refractivity contribution in [3.63, 3.8) is 0 Å². The van der Waals surface area contributed by atoms with E-state index in [-0.39, 0.29) is 6.10 Å². The summed E-state index contributed by atoms with van der Waals surface area (Å²) in [5, 5.41) is 10.0. The molecule has 0 spiro atoms. The van der Waals surface area contributed by atoms with E-state index in [1.807, 2.05) is 19.1 Å². The Hall–Kier alpha value is -1.13. The molecule has 1 aliphatic heterocycles. The molecular weight excluding hydrogens is 226 g/mol. The van der Waals surface area contributed by atoms with Crippen LogP contribution in [0.3, 0.4) is 0 Å². The number of pyridine rings is 1. The van der Waals surface area contributed by atoms with E-state index >= 15 is 0 Å². The van der Waals surface area contributed by atoms with Crippen LogP contribution in [0.25, 0.3) is 0 Å². The minimum absolute atomic E-state index is 0.349. The monoisotopic (exact) mass is 249 g/mol. The molecule has 1 atom stereocenters. The molecule has 0 radical (unpaired) electrons. The van der Waals surface area contributed by atoms with Crippen molar-refractivity contribution in [1.82, 2.24) is 9.88 Å². The van der Waals surface area contributed by atoms with Crippen molar-refractivity contribution < 1.29 is 5.11 Å². The Balaban J connectivity index is 2.10. The lowest BCUT2D eigenvalue weighted by molar-refractivity contribution is 0.163. The molecular formula is C14H23N3O. The molecule has 0 aromatic carbocycles. The number of aromatic nitrogens is 1. The molecule has 4 heteroatoms. The molecule has 0 saturated heterocycles. The Kier molecular flexibility index (Phi) is 4.19. The lowest BCUT2D eigenvalue weighted by atomic mass is 10.0. The zero-order valence-corrected chi connectivity index (χ0v) is 11.6. The van der Waals surface area contributed by atoms with Gasteiger partial charge in [0.1, 0.15) is 5.82 Å². The maximum Gasteiger partial charge on any atom is 0.134 e. The van der Waals surface area contributed by atoms with Gasteiger partial charge in [-0.1, -0.05) is 6.07 Å². The van der Waals surface area contributed by atoms with Crippen LogP contribution in [-0.2, 0) is 0 Å². The Morgan fingerprint density at radius 1 is 1.44 bits per heavy atom. The topological polar surface area (TPSA) is 39.6 Å². The van der Waals surface area contributed by atoms with Crippen molar-refractivity contribution in [3.05, 3.63) is 23.4 Å². The van der Waals surface area contributed by atoms with Crippen LogP contribution in [0.2, 0.25) is 0 Å². The SMILES string of the molecule is Cc1ccc2c(n1)N(CCCN(C)C)CCC2O. The number of fused-ring (bicyclic) bond motifs is 1. The molecule has 18 heavy (non-hydrogen) atoms. The van der Waals surface area contributed by atoms with E-state index in [4.69, 9.17) is 0 Å². The molecule has 1 N–H and O–H groups in total. The van der Waals surface area contributed by atoms with E-state index in [9.17, 15) is 5.11 Å². The van der Waals surface area contributed by atoms with Gasteiger partial charge >= 0.3 is 0 Å². The van der Waals surface area contributed by atoms with E-state index in [1.54, 1.807) is 0 Å². The van der Waals surface area contributed by atoms with E-state index in [0.29, 0.717) is 0 Å². The molecule has 0 amide bonds. The van der Waals surface area contributed by atoms with Crippen LogP contribution < -0.4 is 4.90 Å². The molecule has 1 aromatic rings. The summed E-state index contributed by atoms with van der Waals surface area (Å²) in [5.74, 6) is 0.979. The summed E-state index contributed by atoms with van der Waals surface area (Å²) >= 11 is 0. The second kappa shape index (κ2) is 5.67. The summed E-state index contributed by atoms with van der Waals surface area (Å²) in [7, 11) is 4.19. The summed E-state index contributed by atoms with van der Waals surface area (Å²) in [6, 6.07) is 3.99. The number of aliphatic hydroxyl groups excluding tert-OH is 1. The lowest BCUT2D eigenvalue weighted by Gasteiger charge is -2.33. The van der Waals surface area contributed by atoms with Crippen LogP contribution in [0.15, 0.2) is 12.1 Å². The van der Waals surface area contributed by atoms with Gasteiger partial charge in [-0.25, -0.2) is 4.98 Å². The van der Waals surface area contributed by atoms with Crippen LogP contribution in [0.1, 0.15) is 30.2 Å². The van der Waals surface area contributed by atoms with Gasteiger partial charge in [0.15, 0.2) is 0 Å². The van der Waals surface area contributed by atoms with Crippen molar-refractivity contribution in [3.8, 4) is 0 Å². The van der Waals surface area contributed by atoms with Gasteiger partial charge in [-0.2, -0.15) is 0 Å². The molecule has 2 heterocycles. The van der Waals surface area contributed by atoms with Gasteiger partial charge in [0, 0.05) is 24.3 Å². The van der Waals surface area contributed by atoms with Gasteiger partial charge in [-0.3, -0.25) is 0 Å². The fourth-order valence-corrected chi connectivity index (χ4v) is 2.40. The van der Waals surface area contributed by atoms with Gasteiger partial charge in [-0.15, -0.1) is 0 Å². The van der Waals surface area contributed by atoms with Crippen molar-refractivity contribution >= 4 is 5.82 Å². The highest BCUT2D eigenvalue weighted by Crippen LogP contribution is 2.32. The first-order valence-corrected chi connectivity index (χ1v) is 6.63. The molecule has 0 fully saturated rings. The molecule has 0 bridgehead atoms. The maximum atomic E-state index is 10.0. The van der Waals surface area contributed by atoms with Crippen LogP contribution in [0.4, 0.5) is 5.82 Å². The second-order valence-corrected chi connectivity index (χ2v) is 5.31. The second-order valence-electron chi connectivity index (χ2n) is 5.31. The highest BCUT2D eigenvalue weighted by atomic mass is 16.3. The average Bonchev–Trinajstić information content (AvgIpc) is 2.31. The van der Waals surface area contributed by atoms with E-state index in [2.05, 4.69) is 28.9 Å². The third-order valence-corrected chi connectivity index (χ3v) is 3.41. The zero-order chi connectivity index (χ0) is 13.1. The smallest absolute Gasteiger partial charge is 0.134 e. The Bertz CT molecular complexity index is 406. The summed E-state index contributed by atoms with van der Waals surface area (Å²) < 4.78 is 0. The maximum absolute atomic E-state index is 10.0. The number of aliphatic hydroxyl groups is 1. The summed E-state index contributed by atoms with van der Waals surface area (Å²) in [6.07, 6.45) is 1.58. The van der Waals surface area contributed by atoms with E-state index in [0.717, 1.165) is 49.6 Å². The molecule has 1 aliphatic rings. The number of nitrogens with zero attached hydrogens (tertiary/aromatic N) is 3. The number of hydrogen-bond acceptors (Lipinski definition) is 4. The van der Waals surface area contributed by atoms with Crippen molar-refractivity contribution in [2.75, 3.05) is 38.6 Å². The largest absolute Gasteiger partial charge is 0.388 e. The van der Waals surface area contributed by atoms with Gasteiger partial charge in [0.2, 0.25) is 0 Å². The minimum Gasteiger partial charge on any atom is -0.388 e. The van der Waals surface area contributed by atoms with Crippen molar-refractivity contribution in [1.29, 1.82) is 0 Å². The summed E-state index contributed by atoms with van der Waals surface area (Å²) in [4.78, 5) is 9.10. The molecule has 4 nitrogen and oxygen atoms in total. The fraction of sp³-hybridized carbons (Fsp3) is 0.643. The standard InChI is InChI=1S/C14H23N3O/c1-11-5-6-12-13(18)7-10-17(14(12)15-11)9-4-8-16(2)3/h5-6,13,18H,4,7-10H2,1-3H3. The predicted molar refractivity (Wildman–Crippen MR) is 73.9 cm³/mol. The Morgan fingerprint density at radius 3 is 2.94 bits per heavy atom. The molecule has 1 aromatic heterocycles. The molecule has 0 aliphatic carbocycles. The van der Waals surface area contributed by atoms with Crippen molar-refractivity contribution in [2.24, 2.45) is 0 Å². The van der Waals surface area contributed by atoms with Crippen LogP contribution >= 0.6 is 0 Å². The Labute approximate surface area is 109 Å². The highest BCUT2D eigenvalue weighted by molar-refractivity contribution is 5.51. The molecule has 1 unspecified atom stereocenters. The van der Waals surface area contributed by atoms with E-state index < -0.39 is 0 Å². The van der Waals surface area contributed by atoms with E-state index in [1.165, 1.54) is 0 Å². The highest BCUT2D eigenvalue weighted by Gasteiger charge is 2.24. The van der Waals surface area contributed by atoms with Gasteiger partial charge in [-0.05, 0) is 46.5 Å². The first kappa shape index (κ1) is 13.3. The predicted octanol–water partition coefficient (Wildman–Crippen LogP) is 1.59. The lowest BCUT2D eigenvalue weighted by Crippen LogP contribution is -2.34. The fourth-order valence-electron chi connectivity index (χ4n) is 2.40. The van der Waals surface area contributed by atoms with Crippen molar-refractivity contribution in [2.45, 2.75) is 25.9 Å². The minimum atomic E-state index is -0.349. The quantitative estimate of drug-likeness (QED) is 0.879. The van der Waals surface area contributed by atoms with Crippen LogP contribution in [0.5, 0.6) is 0 Å². The summed E-state index contributed by atoms with van der Waals surface area (Å²) in [5.41, 5.74) is 2.00. The number of anilines is 1. The Morgan fingerprint density at radius 2 is 2.22 bits per heavy atom. The first-order chi connectivity index (χ1) is 8.58. The first-order valence-electron chi connectivity index (χ1n) is 6.63. The molecule has 2 rings (SSSR count). The third-order valence-electron chi connectivity index (χ3n) is 3.41. The third kappa shape index (κ3) is 3.00. The molecule has 0 saturated carbocycles. The number of aryl methyl sites for hydroxylation is 1. The van der Waals surface area contributed by atoms with Crippen LogP contribution in [0, 0.1) is 6.92 Å². The van der Waals surface area contributed by atoms with Gasteiger partial charge in [0.05, 0.1) is 6.10 Å². The van der Waals surface area contributed by atoms with Crippen LogP contribution in [-0.4, -0.2) is 48.7 Å². The zero-order valence-electron chi connectivity index (χ0n) is 11.6. The summed E-state index contributed by atoms with van der Waals surface area (Å²) in [6.45, 7) is 4.99. The average molecular weight is 249 g/mol. The molecule has 100 valence electrons.